The van der Waals surface area contributed by atoms with Crippen LogP contribution < -0.4 is 4.74 Å². The minimum atomic E-state index is -0.683. The zero-order valence-electron chi connectivity index (χ0n) is 21.1. The lowest BCUT2D eigenvalue weighted by atomic mass is 10.1. The maximum absolute atomic E-state index is 10.7. The van der Waals surface area contributed by atoms with Crippen LogP contribution in [0.4, 0.5) is 0 Å². The van der Waals surface area contributed by atoms with E-state index in [0.29, 0.717) is 25.5 Å². The summed E-state index contributed by atoms with van der Waals surface area (Å²) >= 11 is 0. The second-order valence-electron chi connectivity index (χ2n) is 9.24. The second-order valence-corrected chi connectivity index (χ2v) is 9.24. The Bertz CT molecular complexity index is 1150. The third kappa shape index (κ3) is 6.96. The van der Waals surface area contributed by atoms with Crippen LogP contribution in [0, 0.1) is 19.3 Å². The van der Waals surface area contributed by atoms with Crippen LogP contribution >= 0.6 is 0 Å². The van der Waals surface area contributed by atoms with E-state index >= 15 is 0 Å². The summed E-state index contributed by atoms with van der Waals surface area (Å²) in [6.45, 7) is 4.81. The van der Waals surface area contributed by atoms with Crippen LogP contribution in [0.5, 0.6) is 11.6 Å². The van der Waals surface area contributed by atoms with Crippen molar-refractivity contribution in [2.24, 2.45) is 7.05 Å². The molecule has 0 bridgehead atoms. The second kappa shape index (κ2) is 12.7. The summed E-state index contributed by atoms with van der Waals surface area (Å²) in [5.74, 6) is 3.88. The van der Waals surface area contributed by atoms with Gasteiger partial charge in [0, 0.05) is 38.9 Å². The van der Waals surface area contributed by atoms with Gasteiger partial charge in [0.15, 0.2) is 0 Å². The summed E-state index contributed by atoms with van der Waals surface area (Å²) in [4.78, 5) is 2.20. The van der Waals surface area contributed by atoms with Crippen LogP contribution in [0.15, 0.2) is 54.6 Å². The molecule has 0 spiro atoms. The molecule has 1 saturated heterocycles. The zero-order chi connectivity index (χ0) is 25.3. The van der Waals surface area contributed by atoms with Crippen LogP contribution in [0.1, 0.15) is 24.0 Å². The molecule has 2 aromatic carbocycles. The van der Waals surface area contributed by atoms with E-state index in [1.165, 1.54) is 0 Å². The molecule has 0 radical (unpaired) electrons. The number of ether oxygens (including phenoxy) is 3. The molecule has 0 amide bonds. The van der Waals surface area contributed by atoms with Gasteiger partial charge in [-0.15, -0.1) is 6.42 Å². The molecule has 4 rings (SSSR count). The van der Waals surface area contributed by atoms with Gasteiger partial charge in [-0.3, -0.25) is 4.90 Å². The topological polar surface area (TPSA) is 69.0 Å². The molecule has 1 aliphatic heterocycles. The van der Waals surface area contributed by atoms with Crippen molar-refractivity contribution in [3.8, 4) is 35.2 Å². The van der Waals surface area contributed by atoms with Crippen LogP contribution in [0.3, 0.4) is 0 Å². The number of aryl methyl sites for hydroxylation is 2. The lowest BCUT2D eigenvalue weighted by Gasteiger charge is -2.27. The Morgan fingerprint density at radius 1 is 1.25 bits per heavy atom. The number of aliphatic hydroxyl groups excluding tert-OH is 1. The van der Waals surface area contributed by atoms with Gasteiger partial charge in [0.05, 0.1) is 24.4 Å². The Morgan fingerprint density at radius 3 is 2.81 bits per heavy atom. The molecule has 2 heterocycles. The summed E-state index contributed by atoms with van der Waals surface area (Å²) in [5, 5.41) is 15.5. The van der Waals surface area contributed by atoms with Crippen molar-refractivity contribution in [3.63, 3.8) is 0 Å². The smallest absolute Gasteiger partial charge is 0.222 e. The third-order valence-corrected chi connectivity index (χ3v) is 6.17. The Balaban J connectivity index is 1.65. The number of aliphatic hydroxyl groups is 1. The van der Waals surface area contributed by atoms with Crippen molar-refractivity contribution in [3.05, 3.63) is 65.7 Å². The number of hydrogen-bond acceptors (Lipinski definition) is 6. The molecule has 0 unspecified atom stereocenters. The van der Waals surface area contributed by atoms with Crippen molar-refractivity contribution in [1.82, 2.24) is 14.7 Å². The van der Waals surface area contributed by atoms with E-state index in [2.05, 4.69) is 23.0 Å². The van der Waals surface area contributed by atoms with E-state index in [0.717, 1.165) is 47.6 Å². The zero-order valence-corrected chi connectivity index (χ0v) is 21.1. The van der Waals surface area contributed by atoms with Gasteiger partial charge in [0.1, 0.15) is 18.1 Å². The first-order valence-corrected chi connectivity index (χ1v) is 12.4. The Labute approximate surface area is 213 Å². The fraction of sp³-hybridized carbons (Fsp3) is 0.414. The maximum Gasteiger partial charge on any atom is 0.222 e. The van der Waals surface area contributed by atoms with E-state index in [4.69, 9.17) is 25.7 Å². The number of nitrogens with zero attached hydrogens (tertiary/aromatic N) is 3. The monoisotopic (exact) mass is 489 g/mol. The van der Waals surface area contributed by atoms with Crippen LogP contribution in [-0.2, 0) is 23.1 Å². The van der Waals surface area contributed by atoms with Gasteiger partial charge in [-0.05, 0) is 37.5 Å². The van der Waals surface area contributed by atoms with Gasteiger partial charge in [0.25, 0.3) is 0 Å². The maximum atomic E-state index is 10.7. The van der Waals surface area contributed by atoms with E-state index < -0.39 is 6.10 Å². The molecule has 36 heavy (non-hydrogen) atoms. The van der Waals surface area contributed by atoms with Crippen molar-refractivity contribution in [2.75, 3.05) is 32.9 Å². The largest absolute Gasteiger partial charge is 0.439 e. The Morgan fingerprint density at radius 2 is 2.08 bits per heavy atom. The average molecular weight is 490 g/mol. The first-order chi connectivity index (χ1) is 17.5. The molecular formula is C29H35N3O4. The first kappa shape index (κ1) is 25.9. The van der Waals surface area contributed by atoms with Gasteiger partial charge < -0.3 is 19.3 Å². The predicted octanol–water partition coefficient (Wildman–Crippen LogP) is 4.18. The quantitative estimate of drug-likeness (QED) is 0.304. The van der Waals surface area contributed by atoms with Crippen molar-refractivity contribution >= 4 is 0 Å². The highest BCUT2D eigenvalue weighted by Gasteiger charge is 2.26. The molecule has 0 aliphatic carbocycles. The molecule has 7 heteroatoms. The van der Waals surface area contributed by atoms with Gasteiger partial charge >= 0.3 is 0 Å². The van der Waals surface area contributed by atoms with Gasteiger partial charge in [-0.25, -0.2) is 4.68 Å². The Hall–Kier alpha value is -3.15. The molecule has 1 aromatic heterocycles. The number of aromatic nitrogens is 2. The third-order valence-electron chi connectivity index (χ3n) is 6.17. The summed E-state index contributed by atoms with van der Waals surface area (Å²) in [6.07, 6.45) is 6.78. The number of hydrogen-bond donors (Lipinski definition) is 1. The molecule has 2 atom stereocenters. The molecule has 3 aromatic rings. The van der Waals surface area contributed by atoms with Crippen LogP contribution in [0.2, 0.25) is 0 Å². The summed E-state index contributed by atoms with van der Waals surface area (Å²) < 4.78 is 19.5. The number of rotatable bonds is 12. The highest BCUT2D eigenvalue weighted by atomic mass is 16.5. The van der Waals surface area contributed by atoms with E-state index in [-0.39, 0.29) is 19.3 Å². The Kier molecular flexibility index (Phi) is 9.15. The SMILES string of the molecule is C#CCOC[C@@H](O)CN(Cc1c(-c2ccccc2)nn(C)c1Oc1cccc(C)c1)C[C@@H]1CCCO1. The first-order valence-electron chi connectivity index (χ1n) is 12.4. The van der Waals surface area contributed by atoms with Gasteiger partial charge in [0.2, 0.25) is 5.88 Å². The van der Waals surface area contributed by atoms with Crippen molar-refractivity contribution < 1.29 is 19.3 Å². The van der Waals surface area contributed by atoms with Gasteiger partial charge in [-0.1, -0.05) is 48.4 Å². The molecule has 190 valence electrons. The van der Waals surface area contributed by atoms with Crippen LogP contribution in [0.25, 0.3) is 11.3 Å². The van der Waals surface area contributed by atoms with Crippen molar-refractivity contribution in [1.29, 1.82) is 0 Å². The van der Waals surface area contributed by atoms with Gasteiger partial charge in [-0.2, -0.15) is 5.10 Å². The average Bonchev–Trinajstić information content (AvgIpc) is 3.48. The van der Waals surface area contributed by atoms with E-state index in [1.54, 1.807) is 4.68 Å². The minimum absolute atomic E-state index is 0.127. The number of benzene rings is 2. The number of terminal acetylenes is 1. The van der Waals surface area contributed by atoms with Crippen molar-refractivity contribution in [2.45, 2.75) is 38.5 Å². The fourth-order valence-electron chi connectivity index (χ4n) is 4.55. The minimum Gasteiger partial charge on any atom is -0.439 e. The lowest BCUT2D eigenvalue weighted by molar-refractivity contribution is 0.00943. The molecule has 7 nitrogen and oxygen atoms in total. The predicted molar refractivity (Wildman–Crippen MR) is 140 cm³/mol. The van der Waals surface area contributed by atoms with E-state index in [9.17, 15) is 5.11 Å². The van der Waals surface area contributed by atoms with E-state index in [1.807, 2.05) is 56.4 Å². The molecular weight excluding hydrogens is 454 g/mol. The lowest BCUT2D eigenvalue weighted by Crippen LogP contribution is -2.39. The molecule has 1 fully saturated rings. The summed E-state index contributed by atoms with van der Waals surface area (Å²) in [5.41, 5.74) is 3.95. The van der Waals surface area contributed by atoms with Crippen LogP contribution in [-0.4, -0.2) is 64.9 Å². The standard InChI is InChI=1S/C29H35N3O4/c1-4-15-34-21-24(33)18-32(19-26-14-9-16-35-26)20-27-28(23-11-6-5-7-12-23)30-31(3)29(27)36-25-13-8-10-22(2)17-25/h1,5-8,10-13,17,24,26,33H,9,14-16,18-21H2,2-3H3/t24-,26-/m0/s1. The summed E-state index contributed by atoms with van der Waals surface area (Å²) in [6, 6.07) is 18.1. The normalized spacial score (nSPS) is 16.2. The highest BCUT2D eigenvalue weighted by Crippen LogP contribution is 2.34. The molecule has 0 saturated carbocycles. The fourth-order valence-corrected chi connectivity index (χ4v) is 4.55. The molecule has 1 N–H and O–H groups in total. The summed E-state index contributed by atoms with van der Waals surface area (Å²) in [7, 11) is 1.90. The highest BCUT2D eigenvalue weighted by molar-refractivity contribution is 5.65. The molecule has 1 aliphatic rings.